The molecule has 74 heavy (non-hydrogen) atoms. The minimum atomic E-state index is 0.373. The molecule has 0 aliphatic heterocycles. The van der Waals surface area contributed by atoms with Crippen molar-refractivity contribution in [1.82, 2.24) is 0 Å². The second kappa shape index (κ2) is 86.7. The fourth-order valence-corrected chi connectivity index (χ4v) is 10.3. The Morgan fingerprint density at radius 3 is 0.243 bits per heavy atom. The van der Waals surface area contributed by atoms with E-state index in [1.165, 1.54) is 372 Å². The lowest BCUT2D eigenvalue weighted by atomic mass is 10.0. The summed E-state index contributed by atoms with van der Waals surface area (Å²) in [4.78, 5) is 0. The van der Waals surface area contributed by atoms with Gasteiger partial charge in [0.05, 0.1) is 0 Å². The molecule has 0 unspecified atom stereocenters. The van der Waals surface area contributed by atoms with E-state index in [0.29, 0.717) is 26.4 Å². The summed E-state index contributed by atoms with van der Waals surface area (Å²) in [7, 11) is 0. The molecule has 0 bridgehead atoms. The van der Waals surface area contributed by atoms with Gasteiger partial charge in [-0.15, -0.1) is 0 Å². The third kappa shape index (κ3) is 94.3. The minimum Gasteiger partial charge on any atom is -0.396 e. The highest BCUT2D eigenvalue weighted by Gasteiger charge is 1.98. The van der Waals surface area contributed by atoms with Gasteiger partial charge in [-0.3, -0.25) is 0 Å². The van der Waals surface area contributed by atoms with E-state index in [4.69, 9.17) is 20.4 Å². The van der Waals surface area contributed by atoms with E-state index < -0.39 is 0 Å². The van der Waals surface area contributed by atoms with E-state index in [1.54, 1.807) is 0 Å². The van der Waals surface area contributed by atoms with Crippen molar-refractivity contribution in [2.24, 2.45) is 0 Å². The minimum absolute atomic E-state index is 0.373. The molecule has 0 radical (unpaired) electrons. The summed E-state index contributed by atoms with van der Waals surface area (Å²) in [6, 6.07) is 0. The monoisotopic (exact) mass is 1050 g/mol. The number of hydrogen-bond donors (Lipinski definition) is 4. The molecule has 0 atom stereocenters. The van der Waals surface area contributed by atoms with Gasteiger partial charge >= 0.3 is 0 Å². The van der Waals surface area contributed by atoms with Gasteiger partial charge in [0.25, 0.3) is 0 Å². The maximum Gasteiger partial charge on any atom is 0.0431 e. The van der Waals surface area contributed by atoms with Crippen molar-refractivity contribution in [3.05, 3.63) is 0 Å². The zero-order valence-electron chi connectivity index (χ0n) is 52.5. The van der Waals surface area contributed by atoms with Crippen LogP contribution in [0.2, 0.25) is 0 Å². The van der Waals surface area contributed by atoms with Gasteiger partial charge in [-0.2, -0.15) is 0 Å². The van der Waals surface area contributed by atoms with Crippen molar-refractivity contribution in [3.8, 4) is 0 Å². The van der Waals surface area contributed by atoms with Crippen molar-refractivity contribution in [3.63, 3.8) is 0 Å². The van der Waals surface area contributed by atoms with Crippen molar-refractivity contribution in [2.45, 2.75) is 426 Å². The van der Waals surface area contributed by atoms with Gasteiger partial charge in [-0.1, -0.05) is 400 Å². The molecule has 0 aromatic rings. The molecule has 4 heteroatoms. The van der Waals surface area contributed by atoms with Gasteiger partial charge in [0, 0.05) is 26.4 Å². The first-order chi connectivity index (χ1) is 36.7. The average Bonchev–Trinajstić information content (AvgIpc) is 3.41. The predicted octanol–water partition coefficient (Wildman–Crippen LogP) is 24.2. The summed E-state index contributed by atoms with van der Waals surface area (Å²) in [5, 5.41) is 34.6. The number of hydrogen-bond acceptors (Lipinski definition) is 4. The van der Waals surface area contributed by atoms with E-state index in [0.717, 1.165) is 25.7 Å². The number of aliphatic hydroxyl groups excluding tert-OH is 4. The van der Waals surface area contributed by atoms with E-state index in [-0.39, 0.29) is 0 Å². The number of rotatable bonds is 62. The Hall–Kier alpha value is -0.160. The van der Waals surface area contributed by atoms with Crippen LogP contribution in [-0.4, -0.2) is 46.9 Å². The molecule has 452 valence electrons. The van der Waals surface area contributed by atoms with E-state index in [2.05, 4.69) is 27.7 Å². The van der Waals surface area contributed by atoms with Crippen LogP contribution < -0.4 is 0 Å². The summed E-state index contributed by atoms with van der Waals surface area (Å²) in [5.74, 6) is 0. The maximum atomic E-state index is 8.68. The largest absolute Gasteiger partial charge is 0.396 e. The van der Waals surface area contributed by atoms with Gasteiger partial charge in [0.1, 0.15) is 0 Å². The molecular weight excluding hydrogens is 905 g/mol. The van der Waals surface area contributed by atoms with E-state index in [9.17, 15) is 0 Å². The first-order valence-corrected chi connectivity index (χ1v) is 35.1. The van der Waals surface area contributed by atoms with Crippen LogP contribution in [0.15, 0.2) is 0 Å². The molecule has 0 saturated heterocycles. The highest BCUT2D eigenvalue weighted by atomic mass is 16.3. The first kappa shape index (κ1) is 80.3. The summed E-state index contributed by atoms with van der Waals surface area (Å²) >= 11 is 0. The van der Waals surface area contributed by atoms with Gasteiger partial charge < -0.3 is 20.4 Å². The second-order valence-corrected chi connectivity index (χ2v) is 23.4. The van der Waals surface area contributed by atoms with Crippen LogP contribution in [-0.2, 0) is 0 Å². The Morgan fingerprint density at radius 1 is 0.108 bits per heavy atom. The van der Waals surface area contributed by atoms with E-state index in [1.807, 2.05) is 0 Å². The Morgan fingerprint density at radius 2 is 0.176 bits per heavy atom. The Labute approximate surface area is 470 Å². The standard InChI is InChI=1S/2C19H40O.2C16H34O/c2*1-2-3-4-5-6-7-8-9-10-11-12-13-14-15-16-17-18-19-20;2*1-2-3-4-5-6-7-8-9-10-11-12-13-14-15-16-17/h2*20H,2-19H2,1H3;2*17H,2-16H2,1H3. The second-order valence-electron chi connectivity index (χ2n) is 23.4. The molecule has 0 saturated carbocycles. The molecule has 4 nitrogen and oxygen atoms in total. The van der Waals surface area contributed by atoms with Crippen molar-refractivity contribution in [1.29, 1.82) is 0 Å². The van der Waals surface area contributed by atoms with Crippen LogP contribution in [0, 0.1) is 0 Å². The molecule has 0 spiro atoms. The molecule has 0 aliphatic carbocycles. The summed E-state index contributed by atoms with van der Waals surface area (Å²) in [6.07, 6.45) is 85.7. The highest BCUT2D eigenvalue weighted by Crippen LogP contribution is 2.18. The number of unbranched alkanes of at least 4 members (excludes halogenated alkanes) is 58. The van der Waals surface area contributed by atoms with Gasteiger partial charge in [-0.25, -0.2) is 0 Å². The smallest absolute Gasteiger partial charge is 0.0431 e. The van der Waals surface area contributed by atoms with E-state index >= 15 is 0 Å². The van der Waals surface area contributed by atoms with Crippen molar-refractivity contribution in [2.75, 3.05) is 26.4 Å². The lowest BCUT2D eigenvalue weighted by molar-refractivity contribution is 0.282. The van der Waals surface area contributed by atoms with Gasteiger partial charge in [0.15, 0.2) is 0 Å². The Bertz CT molecular complexity index is 690. The molecule has 0 heterocycles. The van der Waals surface area contributed by atoms with Crippen LogP contribution >= 0.6 is 0 Å². The quantitative estimate of drug-likeness (QED) is 0.0458. The van der Waals surface area contributed by atoms with Crippen molar-refractivity contribution >= 4 is 0 Å². The fourth-order valence-electron chi connectivity index (χ4n) is 10.3. The third-order valence-electron chi connectivity index (χ3n) is 15.5. The zero-order chi connectivity index (χ0) is 54.7. The van der Waals surface area contributed by atoms with Gasteiger partial charge in [-0.05, 0) is 25.7 Å². The maximum absolute atomic E-state index is 8.68. The average molecular weight is 1050 g/mol. The normalized spacial score (nSPS) is 11.0. The topological polar surface area (TPSA) is 80.9 Å². The van der Waals surface area contributed by atoms with Gasteiger partial charge in [0.2, 0.25) is 0 Å². The van der Waals surface area contributed by atoms with Crippen molar-refractivity contribution < 1.29 is 20.4 Å². The molecular formula is C70H148O4. The lowest BCUT2D eigenvalue weighted by Crippen LogP contribution is -1.85. The SMILES string of the molecule is CCCCCCCCCCCCCCCCCCCO.CCCCCCCCCCCCCCCCCCCO.CCCCCCCCCCCCCCCCO.CCCCCCCCCCCCCCCCO. The molecule has 0 aromatic heterocycles. The molecule has 4 N–H and O–H groups in total. The number of aliphatic hydroxyl groups is 4. The Balaban J connectivity index is -0.000000443. The van der Waals surface area contributed by atoms with Crippen LogP contribution in [0.4, 0.5) is 0 Å². The Kier molecular flexibility index (Phi) is 94.1. The van der Waals surface area contributed by atoms with Crippen LogP contribution in [0.25, 0.3) is 0 Å². The third-order valence-corrected chi connectivity index (χ3v) is 15.5. The fraction of sp³-hybridized carbons (Fsp3) is 1.00. The van der Waals surface area contributed by atoms with Crippen LogP contribution in [0.1, 0.15) is 426 Å². The van der Waals surface area contributed by atoms with Crippen LogP contribution in [0.5, 0.6) is 0 Å². The molecule has 0 amide bonds. The lowest BCUT2D eigenvalue weighted by Gasteiger charge is -2.03. The molecule has 0 fully saturated rings. The molecule has 0 aliphatic rings. The van der Waals surface area contributed by atoms with Crippen LogP contribution in [0.3, 0.4) is 0 Å². The zero-order valence-corrected chi connectivity index (χ0v) is 52.5. The summed E-state index contributed by atoms with van der Waals surface area (Å²) in [6.45, 7) is 10.6. The molecule has 0 aromatic carbocycles. The highest BCUT2D eigenvalue weighted by molar-refractivity contribution is 4.54. The summed E-state index contributed by atoms with van der Waals surface area (Å²) < 4.78 is 0. The molecule has 0 rings (SSSR count). The summed E-state index contributed by atoms with van der Waals surface area (Å²) in [5.41, 5.74) is 0. The predicted molar refractivity (Wildman–Crippen MR) is 337 cm³/mol. The first-order valence-electron chi connectivity index (χ1n) is 35.1.